The molecule has 0 bridgehead atoms. The molecule has 1 aliphatic rings. The number of hydrogen-bond donors (Lipinski definition) is 0. The van der Waals surface area contributed by atoms with Gasteiger partial charge >= 0.3 is 5.97 Å². The second-order valence-electron chi connectivity index (χ2n) is 5.48. The molecule has 1 saturated carbocycles. The number of carbonyl (C=O) groups is 1. The van der Waals surface area contributed by atoms with Crippen LogP contribution in [0, 0.1) is 6.92 Å². The van der Waals surface area contributed by atoms with Crippen LogP contribution in [0.3, 0.4) is 0 Å². The van der Waals surface area contributed by atoms with E-state index in [0.717, 1.165) is 29.5 Å². The van der Waals surface area contributed by atoms with Crippen LogP contribution in [-0.2, 0) is 16.1 Å². The molecule has 1 aliphatic carbocycles. The molecule has 0 atom stereocenters. The van der Waals surface area contributed by atoms with E-state index in [2.05, 4.69) is 5.10 Å². The van der Waals surface area contributed by atoms with Crippen LogP contribution in [0.1, 0.15) is 36.9 Å². The summed E-state index contributed by atoms with van der Waals surface area (Å²) in [6.07, 6.45) is 2.18. The summed E-state index contributed by atoms with van der Waals surface area (Å²) in [5, 5.41) is 5.97. The highest BCUT2D eigenvalue weighted by atomic mass is 16.5. The molecule has 0 radical (unpaired) electrons. The minimum atomic E-state index is -0.430. The normalized spacial score (nSPS) is 14.4. The second kappa shape index (κ2) is 5.31. The van der Waals surface area contributed by atoms with E-state index in [-0.39, 0.29) is 12.1 Å². The van der Waals surface area contributed by atoms with Crippen LogP contribution >= 0.6 is 0 Å². The first kappa shape index (κ1) is 13.8. The molecule has 0 unspecified atom stereocenters. The smallest absolute Gasteiger partial charge is 0.327 e. The largest absolute Gasteiger partial charge is 0.465 e. The lowest BCUT2D eigenvalue weighted by Crippen LogP contribution is -2.29. The van der Waals surface area contributed by atoms with Gasteiger partial charge in [-0.05, 0) is 38.8 Å². The van der Waals surface area contributed by atoms with Crippen molar-refractivity contribution in [2.75, 3.05) is 6.61 Å². The molecule has 5 nitrogen and oxygen atoms in total. The Morgan fingerprint density at radius 1 is 1.38 bits per heavy atom. The van der Waals surface area contributed by atoms with Crippen LogP contribution in [-0.4, -0.2) is 22.4 Å². The number of aromatic nitrogens is 2. The lowest BCUT2D eigenvalue weighted by Gasteiger charge is -2.10. The number of aryl methyl sites for hydroxylation is 1. The third-order valence-electron chi connectivity index (χ3n) is 3.69. The van der Waals surface area contributed by atoms with Gasteiger partial charge in [-0.25, -0.2) is 4.68 Å². The highest BCUT2D eigenvalue weighted by Gasteiger charge is 2.28. The fraction of sp³-hybridized carbons (Fsp3) is 0.438. The Kier molecular flexibility index (Phi) is 3.49. The number of fused-ring (bicyclic) bond motifs is 1. The lowest BCUT2D eigenvalue weighted by molar-refractivity contribution is -0.144. The summed E-state index contributed by atoms with van der Waals surface area (Å²) in [5.74, 6) is -0.0244. The molecule has 0 spiro atoms. The predicted molar refractivity (Wildman–Crippen MR) is 79.3 cm³/mol. The van der Waals surface area contributed by atoms with Crippen LogP contribution in [0.25, 0.3) is 10.8 Å². The highest BCUT2D eigenvalue weighted by molar-refractivity contribution is 5.85. The maximum Gasteiger partial charge on any atom is 0.327 e. The van der Waals surface area contributed by atoms with Crippen molar-refractivity contribution in [1.29, 1.82) is 0 Å². The first-order valence-electron chi connectivity index (χ1n) is 7.27. The van der Waals surface area contributed by atoms with E-state index < -0.39 is 5.97 Å². The molecule has 5 heteroatoms. The van der Waals surface area contributed by atoms with Crippen molar-refractivity contribution in [1.82, 2.24) is 9.78 Å². The van der Waals surface area contributed by atoms with Crippen LogP contribution < -0.4 is 5.56 Å². The SMILES string of the molecule is CCOC(=O)Cn1nc(C2CC2)c2cc(C)ccc2c1=O. The van der Waals surface area contributed by atoms with Gasteiger partial charge in [0.25, 0.3) is 5.56 Å². The predicted octanol–water partition coefficient (Wildman–Crippen LogP) is 2.15. The molecule has 0 amide bonds. The summed E-state index contributed by atoms with van der Waals surface area (Å²) in [6, 6.07) is 5.74. The molecule has 1 aromatic carbocycles. The van der Waals surface area contributed by atoms with Crippen LogP contribution in [0.5, 0.6) is 0 Å². The Labute approximate surface area is 122 Å². The minimum absolute atomic E-state index is 0.129. The van der Waals surface area contributed by atoms with Crippen molar-refractivity contribution in [2.45, 2.75) is 39.2 Å². The van der Waals surface area contributed by atoms with Gasteiger partial charge < -0.3 is 4.74 Å². The number of nitrogens with zero attached hydrogens (tertiary/aromatic N) is 2. The Balaban J connectivity index is 2.13. The van der Waals surface area contributed by atoms with Crippen molar-refractivity contribution in [2.24, 2.45) is 0 Å². The van der Waals surface area contributed by atoms with Gasteiger partial charge in [-0.2, -0.15) is 5.10 Å². The third kappa shape index (κ3) is 2.68. The first-order valence-corrected chi connectivity index (χ1v) is 7.27. The van der Waals surface area contributed by atoms with Crippen molar-refractivity contribution in [3.8, 4) is 0 Å². The monoisotopic (exact) mass is 286 g/mol. The summed E-state index contributed by atoms with van der Waals surface area (Å²) < 4.78 is 6.15. The van der Waals surface area contributed by atoms with Crippen LogP contribution in [0.15, 0.2) is 23.0 Å². The van der Waals surface area contributed by atoms with Crippen LogP contribution in [0.2, 0.25) is 0 Å². The van der Waals surface area contributed by atoms with Crippen molar-refractivity contribution >= 4 is 16.7 Å². The minimum Gasteiger partial charge on any atom is -0.465 e. The first-order chi connectivity index (χ1) is 10.1. The molecule has 1 aromatic heterocycles. The Hall–Kier alpha value is -2.17. The highest BCUT2D eigenvalue weighted by Crippen LogP contribution is 2.41. The molecule has 1 heterocycles. The zero-order valence-electron chi connectivity index (χ0n) is 12.3. The average Bonchev–Trinajstić information content (AvgIpc) is 3.26. The lowest BCUT2D eigenvalue weighted by atomic mass is 10.1. The van der Waals surface area contributed by atoms with E-state index in [4.69, 9.17) is 4.74 Å². The zero-order chi connectivity index (χ0) is 15.0. The van der Waals surface area contributed by atoms with Gasteiger partial charge in [-0.15, -0.1) is 0 Å². The number of benzene rings is 1. The summed E-state index contributed by atoms with van der Waals surface area (Å²) in [6.45, 7) is 3.92. The van der Waals surface area contributed by atoms with Crippen LogP contribution in [0.4, 0.5) is 0 Å². The number of hydrogen-bond acceptors (Lipinski definition) is 4. The Morgan fingerprint density at radius 2 is 2.14 bits per heavy atom. The van der Waals surface area contributed by atoms with Gasteiger partial charge in [0.1, 0.15) is 6.54 Å². The molecule has 0 N–H and O–H groups in total. The fourth-order valence-corrected chi connectivity index (χ4v) is 2.52. The maximum absolute atomic E-state index is 12.5. The van der Waals surface area contributed by atoms with Gasteiger partial charge in [0, 0.05) is 11.3 Å². The van der Waals surface area contributed by atoms with Gasteiger partial charge in [0.05, 0.1) is 17.7 Å². The van der Waals surface area contributed by atoms with Crippen molar-refractivity contribution in [3.05, 3.63) is 39.8 Å². The molecule has 2 aromatic rings. The third-order valence-corrected chi connectivity index (χ3v) is 3.69. The van der Waals surface area contributed by atoms with Crippen molar-refractivity contribution in [3.63, 3.8) is 0 Å². The summed E-state index contributed by atoms with van der Waals surface area (Å²) in [7, 11) is 0. The number of rotatable bonds is 4. The maximum atomic E-state index is 12.5. The molecular formula is C16H18N2O3. The van der Waals surface area contributed by atoms with Gasteiger partial charge in [0.15, 0.2) is 0 Å². The number of esters is 1. The quantitative estimate of drug-likeness (QED) is 0.808. The standard InChI is InChI=1S/C16H18N2O3/c1-3-21-14(19)9-18-16(20)12-7-4-10(2)8-13(12)15(17-18)11-5-6-11/h4,7-8,11H,3,5-6,9H2,1-2H3. The molecule has 3 rings (SSSR count). The van der Waals surface area contributed by atoms with Gasteiger partial charge in [-0.1, -0.05) is 11.6 Å². The number of carbonyl (C=O) groups excluding carboxylic acids is 1. The van der Waals surface area contributed by atoms with E-state index in [9.17, 15) is 9.59 Å². The fourth-order valence-electron chi connectivity index (χ4n) is 2.52. The summed E-state index contributed by atoms with van der Waals surface area (Å²) >= 11 is 0. The molecular weight excluding hydrogens is 268 g/mol. The van der Waals surface area contributed by atoms with E-state index in [1.165, 1.54) is 4.68 Å². The van der Waals surface area contributed by atoms with Gasteiger partial charge in [0.2, 0.25) is 0 Å². The Morgan fingerprint density at radius 3 is 2.81 bits per heavy atom. The van der Waals surface area contributed by atoms with E-state index in [0.29, 0.717) is 17.9 Å². The van der Waals surface area contributed by atoms with Crippen molar-refractivity contribution < 1.29 is 9.53 Å². The average molecular weight is 286 g/mol. The second-order valence-corrected chi connectivity index (χ2v) is 5.48. The molecule has 1 fully saturated rings. The zero-order valence-corrected chi connectivity index (χ0v) is 12.3. The van der Waals surface area contributed by atoms with Gasteiger partial charge in [-0.3, -0.25) is 9.59 Å². The summed E-state index contributed by atoms with van der Waals surface area (Å²) in [4.78, 5) is 24.1. The topological polar surface area (TPSA) is 61.2 Å². The molecule has 0 saturated heterocycles. The van der Waals surface area contributed by atoms with E-state index in [1.54, 1.807) is 6.92 Å². The molecule has 21 heavy (non-hydrogen) atoms. The van der Waals surface area contributed by atoms with E-state index >= 15 is 0 Å². The molecule has 110 valence electrons. The summed E-state index contributed by atoms with van der Waals surface area (Å²) in [5.41, 5.74) is 1.80. The van der Waals surface area contributed by atoms with E-state index in [1.807, 2.05) is 25.1 Å². The Bertz CT molecular complexity index is 760. The number of ether oxygens (including phenoxy) is 1. The molecule has 0 aliphatic heterocycles.